The normalized spacial score (nSPS) is 18.5. The first-order chi connectivity index (χ1) is 6.96. The first kappa shape index (κ1) is 11.7. The number of rotatable bonds is 3. The lowest BCUT2D eigenvalue weighted by atomic mass is 9.83. The van der Waals surface area contributed by atoms with Crippen LogP contribution in [-0.2, 0) is 19.1 Å². The molecule has 1 N–H and O–H groups in total. The molecule has 5 nitrogen and oxygen atoms in total. The Morgan fingerprint density at radius 2 is 1.80 bits per heavy atom. The van der Waals surface area contributed by atoms with Gasteiger partial charge in [0.25, 0.3) is 0 Å². The van der Waals surface area contributed by atoms with Crippen molar-refractivity contribution < 1.29 is 24.2 Å². The van der Waals surface area contributed by atoms with Crippen LogP contribution in [0.2, 0.25) is 0 Å². The van der Waals surface area contributed by atoms with Crippen LogP contribution in [0.3, 0.4) is 0 Å². The Balaban J connectivity index is 2.63. The molecule has 0 spiro atoms. The fourth-order valence-corrected chi connectivity index (χ4v) is 1.99. The molecule has 0 aliphatic heterocycles. The lowest BCUT2D eigenvalue weighted by Crippen LogP contribution is -2.31. The zero-order valence-electron chi connectivity index (χ0n) is 8.62. The van der Waals surface area contributed by atoms with Crippen molar-refractivity contribution in [3.05, 3.63) is 0 Å². The minimum Gasteiger partial charge on any atom is -0.481 e. The molecule has 1 aliphatic rings. The molecule has 1 saturated carbocycles. The Morgan fingerprint density at radius 3 is 2.20 bits per heavy atom. The predicted molar refractivity (Wildman–Crippen MR) is 49.9 cm³/mol. The van der Waals surface area contributed by atoms with E-state index in [0.717, 1.165) is 19.8 Å². The molecule has 0 saturated heterocycles. The maximum atomic E-state index is 11.2. The van der Waals surface area contributed by atoms with E-state index in [4.69, 9.17) is 5.11 Å². The van der Waals surface area contributed by atoms with Gasteiger partial charge in [0.15, 0.2) is 0 Å². The highest BCUT2D eigenvalue weighted by atomic mass is 16.6. The highest BCUT2D eigenvalue weighted by molar-refractivity contribution is 5.88. The maximum Gasteiger partial charge on any atom is 0.314 e. The van der Waals surface area contributed by atoms with Gasteiger partial charge in [-0.05, 0) is 12.8 Å². The molecular formula is C10H14O5. The van der Waals surface area contributed by atoms with E-state index in [1.54, 1.807) is 0 Å². The molecule has 0 heterocycles. The standard InChI is InChI=1S/C10H14O5/c1-7(11)15-8(12)6-10(9(13)14)4-2-3-5-10/h2-6H2,1H3,(H,13,14). The summed E-state index contributed by atoms with van der Waals surface area (Å²) < 4.78 is 4.35. The summed E-state index contributed by atoms with van der Waals surface area (Å²) in [4.78, 5) is 32.8. The van der Waals surface area contributed by atoms with Gasteiger partial charge in [0, 0.05) is 6.92 Å². The Labute approximate surface area is 87.4 Å². The topological polar surface area (TPSA) is 80.7 Å². The van der Waals surface area contributed by atoms with Crippen molar-refractivity contribution in [3.63, 3.8) is 0 Å². The van der Waals surface area contributed by atoms with Gasteiger partial charge < -0.3 is 9.84 Å². The summed E-state index contributed by atoms with van der Waals surface area (Å²) in [5.74, 6) is -2.41. The van der Waals surface area contributed by atoms with Gasteiger partial charge in [-0.25, -0.2) is 0 Å². The number of hydrogen-bond donors (Lipinski definition) is 1. The average molecular weight is 214 g/mol. The van der Waals surface area contributed by atoms with Gasteiger partial charge in [0.05, 0.1) is 11.8 Å². The van der Waals surface area contributed by atoms with Crippen LogP contribution in [0.1, 0.15) is 39.0 Å². The number of esters is 2. The molecule has 0 aromatic rings. The van der Waals surface area contributed by atoms with E-state index >= 15 is 0 Å². The largest absolute Gasteiger partial charge is 0.481 e. The third kappa shape index (κ3) is 2.78. The van der Waals surface area contributed by atoms with Crippen LogP contribution in [0.4, 0.5) is 0 Å². The summed E-state index contributed by atoms with van der Waals surface area (Å²) in [5.41, 5.74) is -1.01. The highest BCUT2D eigenvalue weighted by Gasteiger charge is 2.43. The van der Waals surface area contributed by atoms with E-state index in [1.165, 1.54) is 0 Å². The summed E-state index contributed by atoms with van der Waals surface area (Å²) in [6, 6.07) is 0. The minimum atomic E-state index is -1.01. The van der Waals surface area contributed by atoms with Crippen LogP contribution in [0.5, 0.6) is 0 Å². The summed E-state index contributed by atoms with van der Waals surface area (Å²) >= 11 is 0. The van der Waals surface area contributed by atoms with Crippen LogP contribution in [0, 0.1) is 5.41 Å². The highest BCUT2D eigenvalue weighted by Crippen LogP contribution is 2.41. The average Bonchev–Trinajstić information content (AvgIpc) is 2.52. The molecule has 0 atom stereocenters. The van der Waals surface area contributed by atoms with Gasteiger partial charge in [-0.15, -0.1) is 0 Å². The number of carbonyl (C=O) groups excluding carboxylic acids is 2. The van der Waals surface area contributed by atoms with E-state index < -0.39 is 23.3 Å². The summed E-state index contributed by atoms with van der Waals surface area (Å²) in [7, 11) is 0. The van der Waals surface area contributed by atoms with E-state index in [9.17, 15) is 14.4 Å². The van der Waals surface area contributed by atoms with Crippen molar-refractivity contribution in [1.29, 1.82) is 0 Å². The summed E-state index contributed by atoms with van der Waals surface area (Å²) in [6.07, 6.45) is 2.37. The zero-order chi connectivity index (χ0) is 11.5. The van der Waals surface area contributed by atoms with Crippen molar-refractivity contribution in [3.8, 4) is 0 Å². The third-order valence-corrected chi connectivity index (χ3v) is 2.75. The third-order valence-electron chi connectivity index (χ3n) is 2.75. The van der Waals surface area contributed by atoms with E-state index in [0.29, 0.717) is 12.8 Å². The van der Waals surface area contributed by atoms with E-state index in [2.05, 4.69) is 4.74 Å². The number of aliphatic carboxylic acids is 1. The Morgan fingerprint density at radius 1 is 1.27 bits per heavy atom. The van der Waals surface area contributed by atoms with Crippen molar-refractivity contribution in [2.45, 2.75) is 39.0 Å². The number of hydrogen-bond acceptors (Lipinski definition) is 4. The molecule has 1 fully saturated rings. The van der Waals surface area contributed by atoms with Gasteiger partial charge in [0.1, 0.15) is 0 Å². The molecule has 0 aromatic heterocycles. The van der Waals surface area contributed by atoms with Gasteiger partial charge >= 0.3 is 17.9 Å². The monoisotopic (exact) mass is 214 g/mol. The molecule has 0 radical (unpaired) electrons. The summed E-state index contributed by atoms with van der Waals surface area (Å²) in [6.45, 7) is 1.12. The van der Waals surface area contributed by atoms with Crippen LogP contribution in [0.15, 0.2) is 0 Å². The van der Waals surface area contributed by atoms with E-state index in [1.807, 2.05) is 0 Å². The van der Waals surface area contributed by atoms with Gasteiger partial charge in [0.2, 0.25) is 0 Å². The summed E-state index contributed by atoms with van der Waals surface area (Å²) in [5, 5.41) is 9.05. The first-order valence-corrected chi connectivity index (χ1v) is 4.91. The zero-order valence-corrected chi connectivity index (χ0v) is 8.62. The predicted octanol–water partition coefficient (Wildman–Crippen LogP) is 1.11. The number of carboxylic acids is 1. The molecule has 1 rings (SSSR count). The molecule has 0 amide bonds. The molecule has 0 bridgehead atoms. The second-order valence-corrected chi connectivity index (χ2v) is 3.94. The molecular weight excluding hydrogens is 200 g/mol. The number of ether oxygens (including phenoxy) is 1. The van der Waals surface area contributed by atoms with Crippen molar-refractivity contribution in [2.24, 2.45) is 5.41 Å². The smallest absolute Gasteiger partial charge is 0.314 e. The SMILES string of the molecule is CC(=O)OC(=O)CC1(C(=O)O)CCCC1. The Bertz CT molecular complexity index is 288. The quantitative estimate of drug-likeness (QED) is 0.562. The van der Waals surface area contributed by atoms with Crippen LogP contribution in [-0.4, -0.2) is 23.0 Å². The fraction of sp³-hybridized carbons (Fsp3) is 0.700. The molecule has 0 aromatic carbocycles. The van der Waals surface area contributed by atoms with Gasteiger partial charge in [-0.3, -0.25) is 14.4 Å². The Kier molecular flexibility index (Phi) is 3.44. The van der Waals surface area contributed by atoms with Gasteiger partial charge in [-0.2, -0.15) is 0 Å². The van der Waals surface area contributed by atoms with Crippen LogP contribution in [0.25, 0.3) is 0 Å². The van der Waals surface area contributed by atoms with Gasteiger partial charge in [-0.1, -0.05) is 12.8 Å². The second-order valence-electron chi connectivity index (χ2n) is 3.94. The lowest BCUT2D eigenvalue weighted by Gasteiger charge is -2.21. The van der Waals surface area contributed by atoms with Crippen molar-refractivity contribution in [1.82, 2.24) is 0 Å². The van der Waals surface area contributed by atoms with Crippen molar-refractivity contribution in [2.75, 3.05) is 0 Å². The molecule has 5 heteroatoms. The molecule has 84 valence electrons. The maximum absolute atomic E-state index is 11.2. The van der Waals surface area contributed by atoms with Crippen LogP contribution < -0.4 is 0 Å². The number of carboxylic acid groups (broad SMARTS) is 1. The second kappa shape index (κ2) is 4.42. The Hall–Kier alpha value is -1.39. The van der Waals surface area contributed by atoms with Crippen molar-refractivity contribution >= 4 is 17.9 Å². The molecule has 1 aliphatic carbocycles. The molecule has 15 heavy (non-hydrogen) atoms. The molecule has 0 unspecified atom stereocenters. The van der Waals surface area contributed by atoms with E-state index in [-0.39, 0.29) is 6.42 Å². The lowest BCUT2D eigenvalue weighted by molar-refractivity contribution is -0.164. The fourth-order valence-electron chi connectivity index (χ4n) is 1.99. The van der Waals surface area contributed by atoms with Crippen LogP contribution >= 0.6 is 0 Å². The first-order valence-electron chi connectivity index (χ1n) is 4.91. The minimum absolute atomic E-state index is 0.206. The number of carbonyl (C=O) groups is 3.